The molecular weight excluding hydrogens is 386 g/mol. The molecule has 1 atom stereocenters. The molecule has 1 heterocycles. The summed E-state index contributed by atoms with van der Waals surface area (Å²) in [4.78, 5) is 2.14. The summed E-state index contributed by atoms with van der Waals surface area (Å²) in [7, 11) is 2.03. The van der Waals surface area contributed by atoms with Gasteiger partial charge in [-0.2, -0.15) is 5.10 Å². The summed E-state index contributed by atoms with van der Waals surface area (Å²) in [5, 5.41) is 14.8. The molecule has 5 N–H and O–H groups in total. The van der Waals surface area contributed by atoms with E-state index in [9.17, 15) is 5.11 Å². The maximum atomic E-state index is 10.5. The molecule has 6 heteroatoms. The fourth-order valence-corrected chi connectivity index (χ4v) is 3.68. The van der Waals surface area contributed by atoms with Crippen LogP contribution < -0.4 is 11.5 Å². The molecule has 1 aromatic heterocycles. The number of hydrogen-bond donors (Lipinski definition) is 3. The van der Waals surface area contributed by atoms with Gasteiger partial charge in [0.15, 0.2) is 0 Å². The predicted molar refractivity (Wildman–Crippen MR) is 129 cm³/mol. The largest absolute Gasteiger partial charge is 0.507 e. The summed E-state index contributed by atoms with van der Waals surface area (Å²) in [5.74, 6) is 1.34. The van der Waals surface area contributed by atoms with Crippen molar-refractivity contribution in [3.05, 3.63) is 59.7 Å². The van der Waals surface area contributed by atoms with Crippen molar-refractivity contribution < 1.29 is 5.11 Å². The lowest BCUT2D eigenvalue weighted by molar-refractivity contribution is 0.188. The van der Waals surface area contributed by atoms with Crippen LogP contribution >= 0.6 is 0 Å². The molecule has 6 nitrogen and oxygen atoms in total. The van der Waals surface area contributed by atoms with Gasteiger partial charge in [0.05, 0.1) is 17.7 Å². The van der Waals surface area contributed by atoms with Gasteiger partial charge in [0.2, 0.25) is 0 Å². The second-order valence-corrected chi connectivity index (χ2v) is 10.0. The van der Waals surface area contributed by atoms with E-state index in [1.165, 1.54) is 0 Å². The Morgan fingerprint density at radius 2 is 1.90 bits per heavy atom. The summed E-state index contributed by atoms with van der Waals surface area (Å²) < 4.78 is 1.72. The molecule has 0 bridgehead atoms. The molecule has 0 saturated carbocycles. The smallest absolute Gasteiger partial charge is 0.127 e. The average Bonchev–Trinajstić information content (AvgIpc) is 3.09. The standard InChI is InChI=1S/C25H39N5O/c1-17(2)12-20(14-25(4,5)6)29(7)24(27)11-10-22(26)21-9-8-19(13-23(21)31)30-16-18(3)15-28-30/h8-11,13,15-17,20,31H,12,14,26-27H2,1-7H3/b22-10-,24-11+. The van der Waals surface area contributed by atoms with E-state index in [0.717, 1.165) is 24.1 Å². The third-order valence-electron chi connectivity index (χ3n) is 5.25. The third-order valence-corrected chi connectivity index (χ3v) is 5.25. The van der Waals surface area contributed by atoms with Gasteiger partial charge < -0.3 is 21.5 Å². The highest BCUT2D eigenvalue weighted by molar-refractivity contribution is 5.70. The predicted octanol–water partition coefficient (Wildman–Crippen LogP) is 4.77. The van der Waals surface area contributed by atoms with Crippen molar-refractivity contribution in [1.29, 1.82) is 0 Å². The molecule has 0 amide bonds. The van der Waals surface area contributed by atoms with Crippen molar-refractivity contribution in [1.82, 2.24) is 14.7 Å². The van der Waals surface area contributed by atoms with Gasteiger partial charge in [0.1, 0.15) is 5.75 Å². The highest BCUT2D eigenvalue weighted by atomic mass is 16.3. The number of rotatable bonds is 8. The van der Waals surface area contributed by atoms with Gasteiger partial charge in [-0.1, -0.05) is 34.6 Å². The van der Waals surface area contributed by atoms with Gasteiger partial charge in [0, 0.05) is 36.6 Å². The number of aromatic nitrogens is 2. The molecule has 2 aromatic rings. The van der Waals surface area contributed by atoms with Crippen LogP contribution in [-0.2, 0) is 0 Å². The summed E-state index contributed by atoms with van der Waals surface area (Å²) in [6.45, 7) is 13.2. The number of allylic oxidation sites excluding steroid dienone is 2. The van der Waals surface area contributed by atoms with Crippen molar-refractivity contribution in [3.63, 3.8) is 0 Å². The Labute approximate surface area is 187 Å². The van der Waals surface area contributed by atoms with Crippen molar-refractivity contribution in [2.75, 3.05) is 7.05 Å². The lowest BCUT2D eigenvalue weighted by Crippen LogP contribution is -2.38. The van der Waals surface area contributed by atoms with E-state index in [-0.39, 0.29) is 11.2 Å². The van der Waals surface area contributed by atoms with Gasteiger partial charge in [0.25, 0.3) is 0 Å². The highest BCUT2D eigenvalue weighted by Crippen LogP contribution is 2.28. The van der Waals surface area contributed by atoms with Crippen molar-refractivity contribution in [2.24, 2.45) is 22.8 Å². The van der Waals surface area contributed by atoms with E-state index in [4.69, 9.17) is 11.5 Å². The summed E-state index contributed by atoms with van der Waals surface area (Å²) in [5.41, 5.74) is 15.7. The molecule has 0 spiro atoms. The van der Waals surface area contributed by atoms with Crippen LogP contribution in [0, 0.1) is 18.3 Å². The second kappa shape index (κ2) is 9.94. The van der Waals surface area contributed by atoms with E-state index in [2.05, 4.69) is 44.6 Å². The Bertz CT molecular complexity index is 934. The van der Waals surface area contributed by atoms with Crippen LogP contribution in [0.3, 0.4) is 0 Å². The van der Waals surface area contributed by atoms with Crippen molar-refractivity contribution >= 4 is 5.70 Å². The Kier molecular flexibility index (Phi) is 7.82. The Balaban J connectivity index is 2.21. The first-order valence-electron chi connectivity index (χ1n) is 10.9. The first-order chi connectivity index (χ1) is 14.4. The molecule has 0 saturated heterocycles. The van der Waals surface area contributed by atoms with Gasteiger partial charge in [-0.25, -0.2) is 4.68 Å². The van der Waals surface area contributed by atoms with E-state index in [1.54, 1.807) is 29.1 Å². The molecule has 0 aliphatic carbocycles. The second-order valence-electron chi connectivity index (χ2n) is 10.0. The van der Waals surface area contributed by atoms with Gasteiger partial charge in [-0.05, 0) is 60.9 Å². The van der Waals surface area contributed by atoms with Crippen LogP contribution in [0.5, 0.6) is 5.75 Å². The zero-order valence-corrected chi connectivity index (χ0v) is 20.1. The lowest BCUT2D eigenvalue weighted by atomic mass is 9.84. The fourth-order valence-electron chi connectivity index (χ4n) is 3.68. The zero-order valence-electron chi connectivity index (χ0n) is 20.1. The number of aryl methyl sites for hydroxylation is 1. The van der Waals surface area contributed by atoms with E-state index >= 15 is 0 Å². The maximum absolute atomic E-state index is 10.5. The molecule has 0 fully saturated rings. The van der Waals surface area contributed by atoms with Crippen LogP contribution in [0.2, 0.25) is 0 Å². The molecule has 31 heavy (non-hydrogen) atoms. The summed E-state index contributed by atoms with van der Waals surface area (Å²) in [6, 6.07) is 5.67. The van der Waals surface area contributed by atoms with Crippen LogP contribution in [0.15, 0.2) is 48.6 Å². The topological polar surface area (TPSA) is 93.3 Å². The molecule has 0 radical (unpaired) electrons. The summed E-state index contributed by atoms with van der Waals surface area (Å²) >= 11 is 0. The molecule has 1 unspecified atom stereocenters. The summed E-state index contributed by atoms with van der Waals surface area (Å²) in [6.07, 6.45) is 9.35. The minimum absolute atomic E-state index is 0.102. The number of hydrogen-bond acceptors (Lipinski definition) is 5. The van der Waals surface area contributed by atoms with E-state index in [1.807, 2.05) is 32.3 Å². The molecule has 0 aliphatic heterocycles. The molecular formula is C25H39N5O. The number of nitrogens with zero attached hydrogens (tertiary/aromatic N) is 3. The average molecular weight is 426 g/mol. The fraction of sp³-hybridized carbons (Fsp3) is 0.480. The van der Waals surface area contributed by atoms with Gasteiger partial charge in [-0.15, -0.1) is 0 Å². The van der Waals surface area contributed by atoms with Crippen LogP contribution in [0.25, 0.3) is 11.4 Å². The lowest BCUT2D eigenvalue weighted by Gasteiger charge is -2.35. The quantitative estimate of drug-likeness (QED) is 0.530. The van der Waals surface area contributed by atoms with Crippen LogP contribution in [-0.4, -0.2) is 32.9 Å². The van der Waals surface area contributed by atoms with Crippen LogP contribution in [0.1, 0.15) is 58.6 Å². The maximum Gasteiger partial charge on any atom is 0.127 e. The number of nitrogens with two attached hydrogens (primary N) is 2. The Morgan fingerprint density at radius 1 is 1.23 bits per heavy atom. The monoisotopic (exact) mass is 425 g/mol. The Morgan fingerprint density at radius 3 is 2.42 bits per heavy atom. The van der Waals surface area contributed by atoms with Gasteiger partial charge >= 0.3 is 0 Å². The SMILES string of the molecule is Cc1cnn(-c2ccc(/C(N)=C/C=C(\N)N(C)C(CC(C)C)CC(C)(C)C)c(O)c2)c1. The van der Waals surface area contributed by atoms with E-state index in [0.29, 0.717) is 29.0 Å². The molecule has 2 rings (SSSR count). The number of phenols is 1. The highest BCUT2D eigenvalue weighted by Gasteiger charge is 2.23. The normalized spacial score (nSPS) is 14.2. The molecule has 170 valence electrons. The minimum Gasteiger partial charge on any atom is -0.507 e. The van der Waals surface area contributed by atoms with Crippen molar-refractivity contribution in [3.8, 4) is 11.4 Å². The number of phenolic OH excluding ortho intramolecular Hbond substituents is 1. The van der Waals surface area contributed by atoms with Crippen molar-refractivity contribution in [2.45, 2.75) is 60.4 Å². The Hall–Kier alpha value is -2.89. The molecule has 0 aliphatic rings. The number of aromatic hydroxyl groups is 1. The third kappa shape index (κ3) is 7.09. The number of benzene rings is 1. The van der Waals surface area contributed by atoms with Crippen LogP contribution in [0.4, 0.5) is 0 Å². The molecule has 1 aromatic carbocycles. The van der Waals surface area contributed by atoms with E-state index < -0.39 is 0 Å². The minimum atomic E-state index is 0.102. The zero-order chi connectivity index (χ0) is 23.3. The first-order valence-corrected chi connectivity index (χ1v) is 10.9. The first kappa shape index (κ1) is 24.4. The van der Waals surface area contributed by atoms with Gasteiger partial charge in [-0.3, -0.25) is 0 Å².